The molecule has 1 aromatic carbocycles. The van der Waals surface area contributed by atoms with Crippen LogP contribution < -0.4 is 5.43 Å². The van der Waals surface area contributed by atoms with Gasteiger partial charge in [0.25, 0.3) is 0 Å². The Morgan fingerprint density at radius 1 is 1.29 bits per heavy atom. The number of azide groups is 1. The predicted octanol–water partition coefficient (Wildman–Crippen LogP) is 2.85. The van der Waals surface area contributed by atoms with Crippen LogP contribution in [0.25, 0.3) is 21.6 Å². The molecule has 1 heterocycles. The molecule has 0 aliphatic heterocycles. The molecule has 84 valence electrons. The van der Waals surface area contributed by atoms with Crippen molar-refractivity contribution >= 4 is 0 Å². The molecule has 0 unspecified atom stereocenters. The highest BCUT2D eigenvalue weighted by Gasteiger charge is 2.02. The maximum absolute atomic E-state index is 11.8. The highest BCUT2D eigenvalue weighted by Crippen LogP contribution is 2.13. The Kier molecular flexibility index (Phi) is 3.23. The van der Waals surface area contributed by atoms with Gasteiger partial charge in [-0.3, -0.25) is 4.79 Å². The first-order chi connectivity index (χ1) is 8.31. The van der Waals surface area contributed by atoms with Crippen LogP contribution in [0.2, 0.25) is 0 Å². The molecule has 0 spiro atoms. The van der Waals surface area contributed by atoms with E-state index < -0.39 is 0 Å². The van der Waals surface area contributed by atoms with Gasteiger partial charge in [-0.1, -0.05) is 35.4 Å². The van der Waals surface area contributed by atoms with Gasteiger partial charge in [0, 0.05) is 28.4 Å². The maximum atomic E-state index is 11.8. The quantitative estimate of drug-likeness (QED) is 0.487. The lowest BCUT2D eigenvalue weighted by molar-refractivity contribution is 0.972. The normalized spacial score (nSPS) is 9.65. The standard InChI is InChI=1S/C12H10N4O/c13-16-15-7-10-6-12(17)11(8-14-10)9-4-2-1-3-5-9/h1-6,8H,7H2,(H,14,17). The van der Waals surface area contributed by atoms with Gasteiger partial charge in [-0.2, -0.15) is 0 Å². The zero-order valence-corrected chi connectivity index (χ0v) is 9.00. The Hall–Kier alpha value is -2.52. The summed E-state index contributed by atoms with van der Waals surface area (Å²) in [5.41, 5.74) is 10.2. The summed E-state index contributed by atoms with van der Waals surface area (Å²) in [5, 5.41) is 3.40. The lowest BCUT2D eigenvalue weighted by Gasteiger charge is -2.01. The van der Waals surface area contributed by atoms with Crippen LogP contribution in [0.3, 0.4) is 0 Å². The van der Waals surface area contributed by atoms with Gasteiger partial charge < -0.3 is 4.98 Å². The van der Waals surface area contributed by atoms with E-state index in [0.29, 0.717) is 11.3 Å². The third kappa shape index (κ3) is 2.53. The lowest BCUT2D eigenvalue weighted by atomic mass is 10.1. The van der Waals surface area contributed by atoms with Crippen molar-refractivity contribution in [3.63, 3.8) is 0 Å². The molecular formula is C12H10N4O. The van der Waals surface area contributed by atoms with E-state index in [-0.39, 0.29) is 12.0 Å². The number of hydrogen-bond donors (Lipinski definition) is 1. The molecule has 1 N–H and O–H groups in total. The minimum Gasteiger partial charge on any atom is -0.364 e. The summed E-state index contributed by atoms with van der Waals surface area (Å²) in [6, 6.07) is 10.9. The molecule has 0 bridgehead atoms. The average Bonchev–Trinajstić information content (AvgIpc) is 2.37. The summed E-state index contributed by atoms with van der Waals surface area (Å²) in [6.45, 7) is 0.154. The van der Waals surface area contributed by atoms with Crippen LogP contribution in [-0.4, -0.2) is 4.98 Å². The van der Waals surface area contributed by atoms with Crippen LogP contribution in [-0.2, 0) is 6.54 Å². The topological polar surface area (TPSA) is 81.6 Å². The number of aromatic amines is 1. The molecular weight excluding hydrogens is 216 g/mol. The van der Waals surface area contributed by atoms with Crippen LogP contribution in [0.4, 0.5) is 0 Å². The molecule has 2 rings (SSSR count). The SMILES string of the molecule is [N-]=[N+]=NCc1cc(=O)c(-c2ccccc2)c[nH]1. The molecule has 0 saturated carbocycles. The minimum atomic E-state index is -0.0851. The van der Waals surface area contributed by atoms with Crippen molar-refractivity contribution in [3.05, 3.63) is 69.0 Å². The average molecular weight is 226 g/mol. The molecule has 0 radical (unpaired) electrons. The van der Waals surface area contributed by atoms with E-state index >= 15 is 0 Å². The summed E-state index contributed by atoms with van der Waals surface area (Å²) < 4.78 is 0. The van der Waals surface area contributed by atoms with E-state index in [1.54, 1.807) is 6.20 Å². The van der Waals surface area contributed by atoms with Gasteiger partial charge in [0.2, 0.25) is 0 Å². The summed E-state index contributed by atoms with van der Waals surface area (Å²) in [7, 11) is 0. The number of aromatic nitrogens is 1. The van der Waals surface area contributed by atoms with E-state index in [1.807, 2.05) is 30.3 Å². The van der Waals surface area contributed by atoms with Crippen molar-refractivity contribution < 1.29 is 0 Å². The van der Waals surface area contributed by atoms with Crippen LogP contribution in [0.1, 0.15) is 5.69 Å². The van der Waals surface area contributed by atoms with Crippen LogP contribution in [0.5, 0.6) is 0 Å². The number of nitrogens with one attached hydrogen (secondary N) is 1. The highest BCUT2D eigenvalue weighted by atomic mass is 16.1. The van der Waals surface area contributed by atoms with Crippen LogP contribution >= 0.6 is 0 Å². The number of rotatable bonds is 3. The third-order valence-electron chi connectivity index (χ3n) is 2.36. The Morgan fingerprint density at radius 2 is 2.06 bits per heavy atom. The molecule has 2 aromatic rings. The van der Waals surface area contributed by atoms with Crippen molar-refractivity contribution in [1.82, 2.24) is 4.98 Å². The zero-order chi connectivity index (χ0) is 12.1. The van der Waals surface area contributed by atoms with Crippen LogP contribution in [0, 0.1) is 0 Å². The second-order valence-corrected chi connectivity index (χ2v) is 3.49. The first-order valence-corrected chi connectivity index (χ1v) is 5.09. The summed E-state index contributed by atoms with van der Waals surface area (Å²) in [5.74, 6) is 0. The summed E-state index contributed by atoms with van der Waals surface area (Å²) >= 11 is 0. The van der Waals surface area contributed by atoms with E-state index in [9.17, 15) is 4.79 Å². The van der Waals surface area contributed by atoms with Crippen molar-refractivity contribution in [1.29, 1.82) is 0 Å². The lowest BCUT2D eigenvalue weighted by Crippen LogP contribution is -2.06. The van der Waals surface area contributed by atoms with Crippen LogP contribution in [0.15, 0.2) is 52.5 Å². The van der Waals surface area contributed by atoms with Gasteiger partial charge in [0.1, 0.15) is 0 Å². The van der Waals surface area contributed by atoms with Crippen molar-refractivity contribution in [2.75, 3.05) is 0 Å². The molecule has 0 atom stereocenters. The minimum absolute atomic E-state index is 0.0851. The fourth-order valence-electron chi connectivity index (χ4n) is 1.56. The third-order valence-corrected chi connectivity index (χ3v) is 2.36. The number of pyridine rings is 1. The number of nitrogens with zero attached hydrogens (tertiary/aromatic N) is 3. The van der Waals surface area contributed by atoms with Gasteiger partial charge in [-0.25, -0.2) is 0 Å². The molecule has 5 nitrogen and oxygen atoms in total. The van der Waals surface area contributed by atoms with E-state index in [0.717, 1.165) is 5.56 Å². The van der Waals surface area contributed by atoms with Crippen molar-refractivity contribution in [3.8, 4) is 11.1 Å². The predicted molar refractivity (Wildman–Crippen MR) is 65.3 cm³/mol. The molecule has 0 aliphatic rings. The van der Waals surface area contributed by atoms with Crippen molar-refractivity contribution in [2.45, 2.75) is 6.54 Å². The fraction of sp³-hybridized carbons (Fsp3) is 0.0833. The second-order valence-electron chi connectivity index (χ2n) is 3.49. The molecule has 0 aliphatic carbocycles. The van der Waals surface area contributed by atoms with Gasteiger partial charge in [0.05, 0.1) is 6.54 Å². The molecule has 17 heavy (non-hydrogen) atoms. The van der Waals surface area contributed by atoms with Gasteiger partial charge in [0.15, 0.2) is 5.43 Å². The van der Waals surface area contributed by atoms with E-state index in [1.165, 1.54) is 6.07 Å². The second kappa shape index (κ2) is 5.01. The largest absolute Gasteiger partial charge is 0.364 e. The molecule has 0 fully saturated rings. The Bertz CT molecular complexity index is 612. The fourth-order valence-corrected chi connectivity index (χ4v) is 1.56. The maximum Gasteiger partial charge on any atom is 0.189 e. The Labute approximate surface area is 97.4 Å². The van der Waals surface area contributed by atoms with E-state index in [2.05, 4.69) is 15.0 Å². The van der Waals surface area contributed by atoms with Gasteiger partial charge in [-0.15, -0.1) is 0 Å². The molecule has 1 aromatic heterocycles. The zero-order valence-electron chi connectivity index (χ0n) is 9.00. The first-order valence-electron chi connectivity index (χ1n) is 5.09. The summed E-state index contributed by atoms with van der Waals surface area (Å²) in [6.07, 6.45) is 1.64. The Morgan fingerprint density at radius 3 is 2.71 bits per heavy atom. The summed E-state index contributed by atoms with van der Waals surface area (Å²) in [4.78, 5) is 17.4. The van der Waals surface area contributed by atoms with Crippen molar-refractivity contribution in [2.24, 2.45) is 5.11 Å². The number of H-pyrrole nitrogens is 1. The smallest absolute Gasteiger partial charge is 0.189 e. The first kappa shape index (κ1) is 11.0. The number of hydrogen-bond acceptors (Lipinski definition) is 2. The van der Waals surface area contributed by atoms with Gasteiger partial charge >= 0.3 is 0 Å². The Balaban J connectivity index is 2.39. The molecule has 5 heteroatoms. The monoisotopic (exact) mass is 226 g/mol. The van der Waals surface area contributed by atoms with E-state index in [4.69, 9.17) is 5.53 Å². The van der Waals surface area contributed by atoms with Gasteiger partial charge in [-0.05, 0) is 11.1 Å². The molecule has 0 amide bonds. The number of benzene rings is 1. The molecule has 0 saturated heterocycles. The highest BCUT2D eigenvalue weighted by molar-refractivity contribution is 5.61.